The highest BCUT2D eigenvalue weighted by molar-refractivity contribution is 5.72. The number of pyridine rings is 2. The molecule has 0 unspecified atom stereocenters. The van der Waals surface area contributed by atoms with Crippen molar-refractivity contribution in [3.63, 3.8) is 0 Å². The maximum absolute atomic E-state index is 10.8. The zero-order chi connectivity index (χ0) is 34.8. The SMILES string of the molecule is CN(CCO)Cc1ccc(N(Cc2ccccc2)Cc2ccccc2)cn1.O=Cc1ccc(N(Cc2ccccc2)Cc2ccccc2)cn1. The second kappa shape index (κ2) is 19.4. The minimum atomic E-state index is 0.163. The first-order valence-corrected chi connectivity index (χ1v) is 16.9. The number of aliphatic hydroxyl groups is 1. The quantitative estimate of drug-likeness (QED) is 0.112. The molecule has 254 valence electrons. The van der Waals surface area contributed by atoms with Gasteiger partial charge in [0, 0.05) is 39.3 Å². The fourth-order valence-corrected chi connectivity index (χ4v) is 5.57. The van der Waals surface area contributed by atoms with Crippen LogP contribution in [0.3, 0.4) is 0 Å². The number of anilines is 2. The summed E-state index contributed by atoms with van der Waals surface area (Å²) in [6.45, 7) is 4.80. The lowest BCUT2D eigenvalue weighted by Crippen LogP contribution is -2.23. The molecule has 0 bridgehead atoms. The Morgan fingerprint density at radius 3 is 1.24 bits per heavy atom. The fraction of sp³-hybridized carbons (Fsp3) is 0.186. The Balaban J connectivity index is 0.000000197. The van der Waals surface area contributed by atoms with E-state index >= 15 is 0 Å². The number of rotatable bonds is 15. The van der Waals surface area contributed by atoms with Gasteiger partial charge in [0.1, 0.15) is 5.69 Å². The smallest absolute Gasteiger partial charge is 0.168 e. The van der Waals surface area contributed by atoms with E-state index in [-0.39, 0.29) is 6.61 Å². The minimum absolute atomic E-state index is 0.163. The monoisotopic (exact) mass is 663 g/mol. The number of hydrogen-bond acceptors (Lipinski definition) is 7. The molecule has 0 spiro atoms. The molecule has 7 nitrogen and oxygen atoms in total. The van der Waals surface area contributed by atoms with E-state index in [1.165, 1.54) is 22.3 Å². The average Bonchev–Trinajstić information content (AvgIpc) is 3.17. The third-order valence-electron chi connectivity index (χ3n) is 8.21. The van der Waals surface area contributed by atoms with Crippen molar-refractivity contribution in [3.8, 4) is 0 Å². The van der Waals surface area contributed by atoms with Crippen LogP contribution in [-0.2, 0) is 32.7 Å². The molecule has 0 saturated carbocycles. The molecule has 0 aliphatic carbocycles. The number of aldehydes is 1. The first-order valence-electron chi connectivity index (χ1n) is 16.9. The number of benzene rings is 4. The largest absolute Gasteiger partial charge is 0.395 e. The number of aromatic nitrogens is 2. The highest BCUT2D eigenvalue weighted by Crippen LogP contribution is 2.21. The number of carbonyl (C=O) groups excluding carboxylic acids is 1. The average molecular weight is 664 g/mol. The molecule has 0 radical (unpaired) electrons. The number of likely N-dealkylation sites (N-methyl/N-ethyl adjacent to an activating group) is 1. The van der Waals surface area contributed by atoms with Crippen molar-refractivity contribution < 1.29 is 9.90 Å². The Morgan fingerprint density at radius 1 is 0.520 bits per heavy atom. The third-order valence-corrected chi connectivity index (χ3v) is 8.21. The van der Waals surface area contributed by atoms with Gasteiger partial charge in [-0.15, -0.1) is 0 Å². The van der Waals surface area contributed by atoms with Gasteiger partial charge in [-0.2, -0.15) is 0 Å². The molecule has 0 fully saturated rings. The molecule has 1 N–H and O–H groups in total. The molecule has 2 aromatic heterocycles. The van der Waals surface area contributed by atoms with E-state index in [0.717, 1.165) is 56.1 Å². The lowest BCUT2D eigenvalue weighted by Gasteiger charge is -2.25. The molecule has 4 aromatic carbocycles. The van der Waals surface area contributed by atoms with E-state index in [0.29, 0.717) is 12.2 Å². The number of carbonyl (C=O) groups is 1. The number of nitrogens with zero attached hydrogens (tertiary/aromatic N) is 5. The zero-order valence-electron chi connectivity index (χ0n) is 28.6. The van der Waals surface area contributed by atoms with Crippen molar-refractivity contribution in [2.75, 3.05) is 30.0 Å². The zero-order valence-corrected chi connectivity index (χ0v) is 28.6. The summed E-state index contributed by atoms with van der Waals surface area (Å²) in [5, 5.41) is 9.04. The standard InChI is InChI=1S/C23H27N3O.C20H18N2O/c1-25(14-15-27)19-22-12-13-23(16-24-22)26(17-20-8-4-2-5-9-20)18-21-10-6-3-7-11-21;23-16-19-11-12-20(13-21-19)22(14-17-7-3-1-4-8-17)15-18-9-5-2-6-10-18/h2-13,16,27H,14-15,17-19H2,1H3;1-13,16H,14-15H2. The normalized spacial score (nSPS) is 10.6. The van der Waals surface area contributed by atoms with Crippen LogP contribution in [0.2, 0.25) is 0 Å². The predicted molar refractivity (Wildman–Crippen MR) is 203 cm³/mol. The predicted octanol–water partition coefficient (Wildman–Crippen LogP) is 7.81. The van der Waals surface area contributed by atoms with Crippen molar-refractivity contribution in [1.82, 2.24) is 14.9 Å². The van der Waals surface area contributed by atoms with Crippen LogP contribution in [0, 0.1) is 0 Å². The van der Waals surface area contributed by atoms with Crippen LogP contribution in [0.1, 0.15) is 38.4 Å². The Kier molecular flexibility index (Phi) is 13.8. The van der Waals surface area contributed by atoms with Crippen LogP contribution in [-0.4, -0.2) is 46.5 Å². The third kappa shape index (κ3) is 11.5. The summed E-state index contributed by atoms with van der Waals surface area (Å²) in [7, 11) is 1.99. The van der Waals surface area contributed by atoms with E-state index in [1.807, 2.05) is 67.8 Å². The van der Waals surface area contributed by atoms with Crippen LogP contribution in [0.25, 0.3) is 0 Å². The number of hydrogen-bond donors (Lipinski definition) is 1. The summed E-state index contributed by atoms with van der Waals surface area (Å²) < 4.78 is 0. The molecule has 0 saturated heterocycles. The molecule has 6 rings (SSSR count). The van der Waals surface area contributed by atoms with Crippen molar-refractivity contribution in [1.29, 1.82) is 0 Å². The Hall–Kier alpha value is -5.63. The molecule has 0 amide bonds. The lowest BCUT2D eigenvalue weighted by molar-refractivity contribution is 0.111. The molecule has 0 atom stereocenters. The molecular weight excluding hydrogens is 619 g/mol. The topological polar surface area (TPSA) is 72.8 Å². The van der Waals surface area contributed by atoms with Crippen LogP contribution in [0.15, 0.2) is 158 Å². The van der Waals surface area contributed by atoms with E-state index < -0.39 is 0 Å². The maximum atomic E-state index is 10.8. The van der Waals surface area contributed by atoms with Gasteiger partial charge in [-0.1, -0.05) is 121 Å². The van der Waals surface area contributed by atoms with E-state index in [1.54, 1.807) is 12.3 Å². The summed E-state index contributed by atoms with van der Waals surface area (Å²) >= 11 is 0. The summed E-state index contributed by atoms with van der Waals surface area (Å²) in [6.07, 6.45) is 4.48. The molecule has 0 aliphatic heterocycles. The molecule has 6 aromatic rings. The lowest BCUT2D eigenvalue weighted by atomic mass is 10.1. The summed E-state index contributed by atoms with van der Waals surface area (Å²) in [6, 6.07) is 49.6. The van der Waals surface area contributed by atoms with Gasteiger partial charge in [0.2, 0.25) is 0 Å². The van der Waals surface area contributed by atoms with Gasteiger partial charge in [-0.05, 0) is 53.6 Å². The highest BCUT2D eigenvalue weighted by Gasteiger charge is 2.11. The minimum Gasteiger partial charge on any atom is -0.395 e. The van der Waals surface area contributed by atoms with Crippen LogP contribution in [0.5, 0.6) is 0 Å². The van der Waals surface area contributed by atoms with Gasteiger partial charge in [0.25, 0.3) is 0 Å². The van der Waals surface area contributed by atoms with Gasteiger partial charge >= 0.3 is 0 Å². The molecule has 7 heteroatoms. The Morgan fingerprint density at radius 2 is 0.920 bits per heavy atom. The van der Waals surface area contributed by atoms with Crippen molar-refractivity contribution >= 4 is 17.7 Å². The van der Waals surface area contributed by atoms with Crippen molar-refractivity contribution in [2.24, 2.45) is 0 Å². The van der Waals surface area contributed by atoms with Gasteiger partial charge in [-0.3, -0.25) is 19.7 Å². The van der Waals surface area contributed by atoms with Gasteiger partial charge in [0.05, 0.1) is 36.1 Å². The highest BCUT2D eigenvalue weighted by atomic mass is 16.3. The maximum Gasteiger partial charge on any atom is 0.168 e. The van der Waals surface area contributed by atoms with E-state index in [9.17, 15) is 4.79 Å². The fourth-order valence-electron chi connectivity index (χ4n) is 5.57. The molecule has 0 aliphatic rings. The summed E-state index contributed by atoms with van der Waals surface area (Å²) in [4.78, 5) is 26.3. The van der Waals surface area contributed by atoms with E-state index in [4.69, 9.17) is 5.11 Å². The first kappa shape index (κ1) is 35.7. The second-order valence-electron chi connectivity index (χ2n) is 12.2. The molecule has 50 heavy (non-hydrogen) atoms. The summed E-state index contributed by atoms with van der Waals surface area (Å²) in [5.41, 5.74) is 8.60. The first-order chi connectivity index (χ1) is 24.6. The van der Waals surface area contributed by atoms with E-state index in [2.05, 4.69) is 110 Å². The molecule has 2 heterocycles. The van der Waals surface area contributed by atoms with Crippen LogP contribution >= 0.6 is 0 Å². The Bertz CT molecular complexity index is 1720. The van der Waals surface area contributed by atoms with Crippen molar-refractivity contribution in [2.45, 2.75) is 32.7 Å². The summed E-state index contributed by atoms with van der Waals surface area (Å²) in [5.74, 6) is 0. The molecular formula is C43H45N5O2. The van der Waals surface area contributed by atoms with Crippen LogP contribution in [0.4, 0.5) is 11.4 Å². The second-order valence-corrected chi connectivity index (χ2v) is 12.2. The van der Waals surface area contributed by atoms with Gasteiger partial charge in [0.15, 0.2) is 6.29 Å². The van der Waals surface area contributed by atoms with Gasteiger partial charge in [-0.25, -0.2) is 0 Å². The van der Waals surface area contributed by atoms with Gasteiger partial charge < -0.3 is 14.9 Å². The van der Waals surface area contributed by atoms with Crippen molar-refractivity contribution in [3.05, 3.63) is 192 Å². The number of aliphatic hydroxyl groups excluding tert-OH is 1. The van der Waals surface area contributed by atoms with Crippen LogP contribution < -0.4 is 9.80 Å². The Labute approximate surface area is 296 Å².